The molecule has 0 amide bonds. The lowest BCUT2D eigenvalue weighted by molar-refractivity contribution is -0.284. The third-order valence-electron chi connectivity index (χ3n) is 1.52. The van der Waals surface area contributed by atoms with Crippen LogP contribution in [0.25, 0.3) is 0 Å². The Morgan fingerprint density at radius 1 is 0.857 bits per heavy atom. The highest BCUT2D eigenvalue weighted by molar-refractivity contribution is 5.95. The number of benzene rings is 1. The summed E-state index contributed by atoms with van der Waals surface area (Å²) in [5.74, 6) is -5.83. The van der Waals surface area contributed by atoms with Crippen LogP contribution in [0.1, 0.15) is 20.7 Å². The lowest BCUT2D eigenvalue weighted by Crippen LogP contribution is -2.27. The second-order valence-corrected chi connectivity index (χ2v) is 2.42. The molecule has 0 saturated carbocycles. The first-order chi connectivity index (χ1) is 6.43. The van der Waals surface area contributed by atoms with E-state index in [0.717, 1.165) is 0 Å². The third-order valence-corrected chi connectivity index (χ3v) is 1.52. The second kappa shape index (κ2) is 3.25. The first-order valence-electron chi connectivity index (χ1n) is 3.38. The molecule has 1 rings (SSSR count). The molecule has 1 aromatic carbocycles. The number of carboxylic acid groups (broad SMARTS) is 2. The van der Waals surface area contributed by atoms with Gasteiger partial charge >= 0.3 is 0 Å². The van der Waals surface area contributed by atoms with Crippen LogP contribution in [0, 0.1) is 0 Å². The van der Waals surface area contributed by atoms with Crippen LogP contribution in [0.5, 0.6) is 11.5 Å². The fraction of sp³-hybridized carbons (Fsp3) is 0. The Kier molecular flexibility index (Phi) is 2.29. The lowest BCUT2D eigenvalue weighted by Gasteiger charge is -2.22. The van der Waals surface area contributed by atoms with Crippen molar-refractivity contribution in [2.75, 3.05) is 0 Å². The SMILES string of the molecule is O=C([O-])c1cc([O-])c(C(=O)[O-])cc1[O-]. The van der Waals surface area contributed by atoms with Crippen LogP contribution >= 0.6 is 0 Å². The van der Waals surface area contributed by atoms with Crippen LogP contribution in [0.15, 0.2) is 12.1 Å². The third kappa shape index (κ3) is 1.58. The van der Waals surface area contributed by atoms with Crippen molar-refractivity contribution in [1.82, 2.24) is 0 Å². The molecule has 74 valence electrons. The summed E-state index contributed by atoms with van der Waals surface area (Å²) in [7, 11) is 0. The van der Waals surface area contributed by atoms with Gasteiger partial charge in [0.25, 0.3) is 0 Å². The van der Waals surface area contributed by atoms with Gasteiger partial charge in [-0.1, -0.05) is 23.6 Å². The molecule has 14 heavy (non-hydrogen) atoms. The van der Waals surface area contributed by atoms with Crippen molar-refractivity contribution in [1.29, 1.82) is 0 Å². The fourth-order valence-electron chi connectivity index (χ4n) is 0.879. The monoisotopic (exact) mass is 194 g/mol. The molecule has 0 N–H and O–H groups in total. The molecular formula is C8H2O6-4. The van der Waals surface area contributed by atoms with Crippen LogP contribution in [-0.4, -0.2) is 11.9 Å². The van der Waals surface area contributed by atoms with Crippen molar-refractivity contribution in [2.45, 2.75) is 0 Å². The number of hydrogen-bond donors (Lipinski definition) is 0. The van der Waals surface area contributed by atoms with Crippen LogP contribution < -0.4 is 20.4 Å². The highest BCUT2D eigenvalue weighted by Crippen LogP contribution is 2.22. The average Bonchev–Trinajstić information content (AvgIpc) is 2.07. The predicted molar refractivity (Wildman–Crippen MR) is 34.0 cm³/mol. The maximum Gasteiger partial charge on any atom is 0.0708 e. The van der Waals surface area contributed by atoms with Crippen molar-refractivity contribution in [2.24, 2.45) is 0 Å². The highest BCUT2D eigenvalue weighted by atomic mass is 16.4. The van der Waals surface area contributed by atoms with Gasteiger partial charge in [-0.3, -0.25) is 0 Å². The highest BCUT2D eigenvalue weighted by Gasteiger charge is 2.00. The van der Waals surface area contributed by atoms with E-state index >= 15 is 0 Å². The van der Waals surface area contributed by atoms with Crippen molar-refractivity contribution >= 4 is 11.9 Å². The van der Waals surface area contributed by atoms with E-state index in [-0.39, 0.29) is 0 Å². The Morgan fingerprint density at radius 2 is 1.14 bits per heavy atom. The molecule has 0 spiro atoms. The van der Waals surface area contributed by atoms with E-state index in [9.17, 15) is 30.0 Å². The smallest absolute Gasteiger partial charge is 0.0708 e. The standard InChI is InChI=1S/C8H6O6/c9-5-1-3(7(11)12)6(10)2-4(5)8(13)14/h1-2,9-10H,(H,11,12)(H,13,14)/p-4. The molecule has 0 heterocycles. The topological polar surface area (TPSA) is 126 Å². The van der Waals surface area contributed by atoms with Crippen molar-refractivity contribution in [3.8, 4) is 11.5 Å². The van der Waals surface area contributed by atoms with Gasteiger partial charge in [-0.2, -0.15) is 0 Å². The molecule has 6 heteroatoms. The van der Waals surface area contributed by atoms with Crippen LogP contribution in [-0.2, 0) is 0 Å². The van der Waals surface area contributed by atoms with Gasteiger partial charge in [0.15, 0.2) is 0 Å². The minimum Gasteiger partial charge on any atom is -0.872 e. The van der Waals surface area contributed by atoms with Crippen LogP contribution in [0.4, 0.5) is 0 Å². The predicted octanol–water partition coefficient (Wildman–Crippen LogP) is -3.44. The number of aromatic carboxylic acids is 2. The summed E-state index contributed by atoms with van der Waals surface area (Å²) in [5, 5.41) is 42.3. The number of carboxylic acids is 2. The zero-order valence-electron chi connectivity index (χ0n) is 6.60. The second-order valence-electron chi connectivity index (χ2n) is 2.42. The molecule has 0 aliphatic carbocycles. The summed E-state index contributed by atoms with van der Waals surface area (Å²) < 4.78 is 0. The first-order valence-corrected chi connectivity index (χ1v) is 3.38. The molecular weight excluding hydrogens is 192 g/mol. The molecule has 0 unspecified atom stereocenters. The van der Waals surface area contributed by atoms with Crippen molar-refractivity contribution < 1.29 is 30.0 Å². The largest absolute Gasteiger partial charge is 0.872 e. The summed E-state index contributed by atoms with van der Waals surface area (Å²) in [5.41, 5.74) is -1.72. The van der Waals surface area contributed by atoms with Gasteiger partial charge in [0.05, 0.1) is 11.9 Å². The average molecular weight is 194 g/mol. The molecule has 1 aromatic rings. The fourth-order valence-corrected chi connectivity index (χ4v) is 0.879. The summed E-state index contributed by atoms with van der Waals surface area (Å²) in [6.07, 6.45) is 0. The molecule has 0 atom stereocenters. The van der Waals surface area contributed by atoms with Crippen LogP contribution in [0.2, 0.25) is 0 Å². The van der Waals surface area contributed by atoms with Gasteiger partial charge in [0.2, 0.25) is 0 Å². The van der Waals surface area contributed by atoms with E-state index in [1.807, 2.05) is 0 Å². The maximum absolute atomic E-state index is 10.9. The Bertz CT molecular complexity index is 369. The Morgan fingerprint density at radius 3 is 1.36 bits per heavy atom. The first kappa shape index (κ1) is 9.85. The maximum atomic E-state index is 10.9. The van der Waals surface area contributed by atoms with Gasteiger partial charge in [-0.15, -0.1) is 0 Å². The normalized spacial score (nSPS) is 9.71. The molecule has 0 radical (unpaired) electrons. The summed E-state index contributed by atoms with van der Waals surface area (Å²) >= 11 is 0. The number of rotatable bonds is 2. The minimum absolute atomic E-state index is 0.406. The van der Waals surface area contributed by atoms with E-state index in [0.29, 0.717) is 12.1 Å². The molecule has 0 aromatic heterocycles. The Hall–Kier alpha value is -2.24. The molecule has 0 bridgehead atoms. The lowest BCUT2D eigenvalue weighted by atomic mass is 10.1. The van der Waals surface area contributed by atoms with E-state index < -0.39 is 34.6 Å². The van der Waals surface area contributed by atoms with Gasteiger partial charge in [0.1, 0.15) is 0 Å². The van der Waals surface area contributed by atoms with Gasteiger partial charge in [0, 0.05) is 0 Å². The number of carbonyl (C=O) groups excluding carboxylic acids is 2. The number of carbonyl (C=O) groups is 2. The Balaban J connectivity index is 3.38. The van der Waals surface area contributed by atoms with E-state index in [1.54, 1.807) is 0 Å². The van der Waals surface area contributed by atoms with Crippen molar-refractivity contribution in [3.05, 3.63) is 23.3 Å². The molecule has 0 aliphatic rings. The molecule has 0 fully saturated rings. The zero-order chi connectivity index (χ0) is 10.9. The van der Waals surface area contributed by atoms with E-state index in [2.05, 4.69) is 0 Å². The zero-order valence-corrected chi connectivity index (χ0v) is 6.60. The van der Waals surface area contributed by atoms with E-state index in [4.69, 9.17) is 0 Å². The summed E-state index contributed by atoms with van der Waals surface area (Å²) in [4.78, 5) is 20.5. The van der Waals surface area contributed by atoms with Crippen LogP contribution in [0.3, 0.4) is 0 Å². The number of hydrogen-bond acceptors (Lipinski definition) is 6. The van der Waals surface area contributed by atoms with Gasteiger partial charge in [-0.25, -0.2) is 0 Å². The van der Waals surface area contributed by atoms with Crippen molar-refractivity contribution in [3.63, 3.8) is 0 Å². The minimum atomic E-state index is -1.82. The Labute approximate surface area is 77.7 Å². The van der Waals surface area contributed by atoms with Gasteiger partial charge in [-0.05, 0) is 11.1 Å². The molecule has 6 nitrogen and oxygen atoms in total. The summed E-state index contributed by atoms with van der Waals surface area (Å²) in [6, 6.07) is 0.811. The molecule has 0 saturated heterocycles. The van der Waals surface area contributed by atoms with Gasteiger partial charge < -0.3 is 30.0 Å². The molecule has 0 aliphatic heterocycles. The quantitative estimate of drug-likeness (QED) is 0.482. The van der Waals surface area contributed by atoms with E-state index in [1.165, 1.54) is 0 Å². The summed E-state index contributed by atoms with van der Waals surface area (Å²) in [6.45, 7) is 0.